The maximum absolute atomic E-state index is 15.1. The quantitative estimate of drug-likeness (QED) is 0.218. The molecule has 2 unspecified atom stereocenters. The third-order valence-corrected chi connectivity index (χ3v) is 8.47. The number of H-pyrrole nitrogens is 1. The summed E-state index contributed by atoms with van der Waals surface area (Å²) >= 11 is 6.15. The maximum Gasteiger partial charge on any atom is 0.434 e. The zero-order valence-corrected chi connectivity index (χ0v) is 23.8. The van der Waals surface area contributed by atoms with Crippen molar-refractivity contribution in [2.24, 2.45) is 0 Å². The van der Waals surface area contributed by atoms with E-state index in [1.54, 1.807) is 57.2 Å². The molecule has 13 heteroatoms. The normalized spacial score (nSPS) is 14.0. The number of aromatic amines is 1. The van der Waals surface area contributed by atoms with E-state index in [1.165, 1.54) is 18.2 Å². The van der Waals surface area contributed by atoms with Crippen molar-refractivity contribution < 1.29 is 31.9 Å². The Morgan fingerprint density at radius 2 is 1.88 bits per heavy atom. The maximum atomic E-state index is 15.1. The van der Waals surface area contributed by atoms with Crippen LogP contribution in [0.4, 0.5) is 4.39 Å². The first-order valence-corrected chi connectivity index (χ1v) is 14.3. The first-order valence-electron chi connectivity index (χ1n) is 12.4. The van der Waals surface area contributed by atoms with Crippen molar-refractivity contribution in [1.29, 1.82) is 0 Å². The van der Waals surface area contributed by atoms with Crippen LogP contribution in [0.25, 0.3) is 0 Å². The second-order valence-electron chi connectivity index (χ2n) is 9.44. The van der Waals surface area contributed by atoms with Crippen molar-refractivity contribution >= 4 is 27.6 Å². The zero-order valence-electron chi connectivity index (χ0n) is 22.2. The highest BCUT2D eigenvalue weighted by molar-refractivity contribution is 7.89. The first kappa shape index (κ1) is 30.1. The van der Waals surface area contributed by atoms with E-state index in [0.717, 1.165) is 11.6 Å². The summed E-state index contributed by atoms with van der Waals surface area (Å²) in [5.74, 6) is -4.23. The molecule has 0 bridgehead atoms. The smallest absolute Gasteiger partial charge is 0.434 e. The summed E-state index contributed by atoms with van der Waals surface area (Å²) in [6.07, 6.45) is -1.71. The van der Waals surface area contributed by atoms with Gasteiger partial charge in [0.25, 0.3) is 0 Å². The number of aryl methyl sites for hydroxylation is 1. The molecule has 3 atom stereocenters. The fourth-order valence-corrected chi connectivity index (χ4v) is 6.19. The van der Waals surface area contributed by atoms with Crippen LogP contribution in [0.1, 0.15) is 58.7 Å². The van der Waals surface area contributed by atoms with E-state index in [2.05, 4.69) is 14.9 Å². The SMILES string of the molecule is Cc1ccc(F)c(C(C)[C@H](NS(=O)(=O)c2ccc(Cl)cc2C(OCc2ccccc2)C(=O)O)c2n[nH]c(=O)o2)c1C. The van der Waals surface area contributed by atoms with Crippen LogP contribution in [-0.2, 0) is 26.2 Å². The molecular weight excluding hydrogens is 577 g/mol. The van der Waals surface area contributed by atoms with Gasteiger partial charge in [0.05, 0.1) is 11.5 Å². The van der Waals surface area contributed by atoms with Crippen molar-refractivity contribution in [2.45, 2.75) is 50.3 Å². The van der Waals surface area contributed by atoms with Crippen molar-refractivity contribution in [3.63, 3.8) is 0 Å². The van der Waals surface area contributed by atoms with Gasteiger partial charge in [0, 0.05) is 16.5 Å². The summed E-state index contributed by atoms with van der Waals surface area (Å²) in [6, 6.07) is 13.9. The number of aliphatic carboxylic acids is 1. The molecule has 0 saturated heterocycles. The molecule has 0 saturated carbocycles. The topological polar surface area (TPSA) is 152 Å². The highest BCUT2D eigenvalue weighted by atomic mass is 35.5. The number of hydrogen-bond donors (Lipinski definition) is 3. The highest BCUT2D eigenvalue weighted by Gasteiger charge is 2.36. The Labute approximate surface area is 240 Å². The molecular formula is C28H27ClFN3O7S. The van der Waals surface area contributed by atoms with Gasteiger partial charge in [0.2, 0.25) is 15.9 Å². The van der Waals surface area contributed by atoms with E-state index in [4.69, 9.17) is 20.8 Å². The number of rotatable bonds is 11. The lowest BCUT2D eigenvalue weighted by atomic mass is 9.88. The van der Waals surface area contributed by atoms with Gasteiger partial charge in [-0.15, -0.1) is 5.10 Å². The van der Waals surface area contributed by atoms with Crippen LogP contribution in [0.5, 0.6) is 0 Å². The molecule has 1 heterocycles. The molecule has 4 rings (SSSR count). The number of nitrogens with one attached hydrogen (secondary N) is 2. The van der Waals surface area contributed by atoms with Crippen LogP contribution in [0, 0.1) is 19.7 Å². The molecule has 0 aliphatic rings. The number of aromatic nitrogens is 2. The average Bonchev–Trinajstić information content (AvgIpc) is 3.36. The van der Waals surface area contributed by atoms with E-state index in [0.29, 0.717) is 11.1 Å². The second-order valence-corrected chi connectivity index (χ2v) is 11.6. The van der Waals surface area contributed by atoms with Crippen molar-refractivity contribution in [3.05, 3.63) is 116 Å². The van der Waals surface area contributed by atoms with Crippen LogP contribution < -0.4 is 10.5 Å². The van der Waals surface area contributed by atoms with E-state index in [1.807, 2.05) is 0 Å². The first-order chi connectivity index (χ1) is 19.4. The Morgan fingerprint density at radius 1 is 1.17 bits per heavy atom. The van der Waals surface area contributed by atoms with Crippen LogP contribution in [0.15, 0.2) is 74.8 Å². The van der Waals surface area contributed by atoms with Crippen LogP contribution >= 0.6 is 11.6 Å². The summed E-state index contributed by atoms with van der Waals surface area (Å²) in [7, 11) is -4.59. The molecule has 0 amide bonds. The third-order valence-electron chi connectivity index (χ3n) is 6.72. The Hall–Kier alpha value is -3.84. The van der Waals surface area contributed by atoms with Gasteiger partial charge in [0.1, 0.15) is 11.9 Å². The number of hydrogen-bond acceptors (Lipinski definition) is 7. The Bertz CT molecular complexity index is 1720. The number of halogens is 2. The Kier molecular flexibility index (Phi) is 9.08. The molecule has 41 heavy (non-hydrogen) atoms. The van der Waals surface area contributed by atoms with E-state index in [9.17, 15) is 23.1 Å². The van der Waals surface area contributed by atoms with Crippen LogP contribution in [0.3, 0.4) is 0 Å². The van der Waals surface area contributed by atoms with Gasteiger partial charge in [-0.1, -0.05) is 54.9 Å². The van der Waals surface area contributed by atoms with Gasteiger partial charge in [-0.2, -0.15) is 4.72 Å². The molecule has 1 aromatic heterocycles. The summed E-state index contributed by atoms with van der Waals surface area (Å²) in [5.41, 5.74) is 1.96. The van der Waals surface area contributed by atoms with Gasteiger partial charge >= 0.3 is 11.7 Å². The minimum absolute atomic E-state index is 0.0779. The molecule has 216 valence electrons. The Balaban J connectivity index is 1.77. The second kappa shape index (κ2) is 12.4. The van der Waals surface area contributed by atoms with E-state index in [-0.39, 0.29) is 28.6 Å². The molecule has 0 fully saturated rings. The number of sulfonamides is 1. The summed E-state index contributed by atoms with van der Waals surface area (Å²) < 4.78 is 56.0. The van der Waals surface area contributed by atoms with Gasteiger partial charge in [-0.3, -0.25) is 0 Å². The number of carbonyl (C=O) groups is 1. The molecule has 10 nitrogen and oxygen atoms in total. The molecule has 0 aliphatic carbocycles. The highest BCUT2D eigenvalue weighted by Crippen LogP contribution is 2.36. The lowest BCUT2D eigenvalue weighted by Gasteiger charge is -2.26. The van der Waals surface area contributed by atoms with E-state index >= 15 is 4.39 Å². The zero-order chi connectivity index (χ0) is 29.9. The van der Waals surface area contributed by atoms with Gasteiger partial charge in [0.15, 0.2) is 6.10 Å². The van der Waals surface area contributed by atoms with E-state index < -0.39 is 50.5 Å². The Morgan fingerprint density at radius 3 is 2.51 bits per heavy atom. The number of ether oxygens (including phenoxy) is 1. The lowest BCUT2D eigenvalue weighted by Crippen LogP contribution is -2.34. The molecule has 3 N–H and O–H groups in total. The molecule has 4 aromatic rings. The fourth-order valence-electron chi connectivity index (χ4n) is 4.52. The van der Waals surface area contributed by atoms with Crippen molar-refractivity contribution in [3.8, 4) is 0 Å². The standard InChI is InChI=1S/C28H27ClFN3O7S/c1-15-9-11-21(30)23(16(15)2)17(3)24(26-31-32-28(36)40-26)33-41(37,38)22-12-10-19(29)13-20(22)25(27(34)35)39-14-18-7-5-4-6-8-18/h4-13,17,24-25,33H,14H2,1-3H3,(H,32,36)(H,34,35)/t17?,24-,25?/m0/s1. The third kappa shape index (κ3) is 6.73. The number of benzene rings is 3. The number of carboxylic acid groups (broad SMARTS) is 1. The predicted molar refractivity (Wildman–Crippen MR) is 148 cm³/mol. The van der Waals surface area contributed by atoms with Crippen LogP contribution in [-0.4, -0.2) is 29.7 Å². The van der Waals surface area contributed by atoms with Crippen molar-refractivity contribution in [2.75, 3.05) is 0 Å². The average molecular weight is 604 g/mol. The summed E-state index contributed by atoms with van der Waals surface area (Å²) in [5, 5.41) is 15.9. The summed E-state index contributed by atoms with van der Waals surface area (Å²) in [4.78, 5) is 23.6. The van der Waals surface area contributed by atoms with Crippen molar-refractivity contribution in [1.82, 2.24) is 14.9 Å². The fraction of sp³-hybridized carbons (Fsp3) is 0.250. The van der Waals surface area contributed by atoms with Crippen LogP contribution in [0.2, 0.25) is 5.02 Å². The molecule has 0 radical (unpaired) electrons. The lowest BCUT2D eigenvalue weighted by molar-refractivity contribution is -0.152. The largest absolute Gasteiger partial charge is 0.479 e. The predicted octanol–water partition coefficient (Wildman–Crippen LogP) is 4.94. The molecule has 3 aromatic carbocycles. The minimum Gasteiger partial charge on any atom is -0.479 e. The molecule has 0 aliphatic heterocycles. The number of nitrogens with zero attached hydrogens (tertiary/aromatic N) is 1. The minimum atomic E-state index is -4.59. The monoisotopic (exact) mass is 603 g/mol. The number of carboxylic acids is 1. The molecule has 0 spiro atoms. The van der Waals surface area contributed by atoms with Gasteiger partial charge in [-0.05, 0) is 60.4 Å². The van der Waals surface area contributed by atoms with Gasteiger partial charge < -0.3 is 14.3 Å². The summed E-state index contributed by atoms with van der Waals surface area (Å²) in [6.45, 7) is 4.90. The van der Waals surface area contributed by atoms with Gasteiger partial charge in [-0.25, -0.2) is 27.5 Å².